The van der Waals surface area contributed by atoms with Gasteiger partial charge < -0.3 is 4.74 Å². The maximum atomic E-state index is 10.9. The first-order valence-corrected chi connectivity index (χ1v) is 3.65. The maximum Gasteiger partial charge on any atom is 0.308 e. The first kappa shape index (κ1) is 10.4. The molecular formula is C7H14O4. The quantitative estimate of drug-likeness (QED) is 0.284. The van der Waals surface area contributed by atoms with Crippen LogP contribution in [0.1, 0.15) is 20.3 Å². The maximum absolute atomic E-state index is 10.9. The second-order valence-corrected chi connectivity index (χ2v) is 2.31. The van der Waals surface area contributed by atoms with Gasteiger partial charge in [0.25, 0.3) is 0 Å². The molecule has 1 N–H and O–H groups in total. The van der Waals surface area contributed by atoms with Crippen LogP contribution in [0.3, 0.4) is 0 Å². The molecule has 0 bridgehead atoms. The van der Waals surface area contributed by atoms with Crippen LogP contribution in [0.4, 0.5) is 0 Å². The van der Waals surface area contributed by atoms with Crippen LogP contribution in [-0.4, -0.2) is 24.4 Å². The Morgan fingerprint density at radius 2 is 2.18 bits per heavy atom. The van der Waals surface area contributed by atoms with E-state index in [1.807, 2.05) is 6.92 Å². The molecule has 0 aromatic carbocycles. The van der Waals surface area contributed by atoms with Crippen LogP contribution in [0.15, 0.2) is 0 Å². The van der Waals surface area contributed by atoms with Gasteiger partial charge in [0.05, 0.1) is 5.92 Å². The molecule has 0 amide bonds. The van der Waals surface area contributed by atoms with Gasteiger partial charge in [0.2, 0.25) is 0 Å². The molecule has 0 aromatic rings. The summed E-state index contributed by atoms with van der Waals surface area (Å²) < 4.78 is 4.71. The largest absolute Gasteiger partial charge is 0.463 e. The van der Waals surface area contributed by atoms with Crippen LogP contribution in [0.5, 0.6) is 0 Å². The zero-order chi connectivity index (χ0) is 8.69. The van der Waals surface area contributed by atoms with Crippen LogP contribution in [0.25, 0.3) is 0 Å². The summed E-state index contributed by atoms with van der Waals surface area (Å²) in [5.74, 6) is -0.321. The summed E-state index contributed by atoms with van der Waals surface area (Å²) in [6.07, 6.45) is 0.763. The van der Waals surface area contributed by atoms with E-state index < -0.39 is 0 Å². The smallest absolute Gasteiger partial charge is 0.308 e. The third-order valence-corrected chi connectivity index (χ3v) is 1.43. The van der Waals surface area contributed by atoms with Gasteiger partial charge in [0.1, 0.15) is 13.2 Å². The highest BCUT2D eigenvalue weighted by Gasteiger charge is 2.10. The second-order valence-electron chi connectivity index (χ2n) is 2.31. The Labute approximate surface area is 66.0 Å². The van der Waals surface area contributed by atoms with Gasteiger partial charge in [-0.15, -0.1) is 0 Å². The van der Waals surface area contributed by atoms with E-state index in [1.165, 1.54) is 0 Å². The molecule has 0 aliphatic rings. The lowest BCUT2D eigenvalue weighted by atomic mass is 10.1. The molecule has 66 valence electrons. The van der Waals surface area contributed by atoms with Crippen molar-refractivity contribution < 1.29 is 19.7 Å². The summed E-state index contributed by atoms with van der Waals surface area (Å²) in [4.78, 5) is 14.6. The van der Waals surface area contributed by atoms with Crippen LogP contribution in [-0.2, 0) is 14.4 Å². The molecule has 0 radical (unpaired) electrons. The lowest BCUT2D eigenvalue weighted by Gasteiger charge is -2.07. The Bertz CT molecular complexity index is 113. The summed E-state index contributed by atoms with van der Waals surface area (Å²) in [5.41, 5.74) is 0. The average Bonchev–Trinajstić information content (AvgIpc) is 2.03. The highest BCUT2D eigenvalue weighted by Crippen LogP contribution is 2.02. The Morgan fingerprint density at radius 3 is 2.64 bits per heavy atom. The molecule has 0 aliphatic heterocycles. The summed E-state index contributed by atoms with van der Waals surface area (Å²) in [6, 6.07) is 0. The molecule has 0 fully saturated rings. The Kier molecular flexibility index (Phi) is 5.78. The van der Waals surface area contributed by atoms with E-state index in [1.54, 1.807) is 6.92 Å². The van der Waals surface area contributed by atoms with Gasteiger partial charge in [-0.25, -0.2) is 4.89 Å². The summed E-state index contributed by atoms with van der Waals surface area (Å²) in [5, 5.41) is 7.88. The molecule has 4 heteroatoms. The van der Waals surface area contributed by atoms with Gasteiger partial charge in [-0.05, 0) is 6.42 Å². The minimum Gasteiger partial charge on any atom is -0.463 e. The van der Waals surface area contributed by atoms with E-state index >= 15 is 0 Å². The van der Waals surface area contributed by atoms with Crippen molar-refractivity contribution in [1.29, 1.82) is 0 Å². The van der Waals surface area contributed by atoms with Crippen molar-refractivity contribution in [3.05, 3.63) is 0 Å². The van der Waals surface area contributed by atoms with E-state index in [0.29, 0.717) is 0 Å². The summed E-state index contributed by atoms with van der Waals surface area (Å²) in [6.45, 7) is 3.85. The van der Waals surface area contributed by atoms with Crippen LogP contribution in [0.2, 0.25) is 0 Å². The molecule has 1 atom stereocenters. The number of hydrogen-bond donors (Lipinski definition) is 1. The predicted molar refractivity (Wildman–Crippen MR) is 39.0 cm³/mol. The van der Waals surface area contributed by atoms with Gasteiger partial charge in [0, 0.05) is 0 Å². The van der Waals surface area contributed by atoms with Crippen molar-refractivity contribution in [2.75, 3.05) is 13.2 Å². The third kappa shape index (κ3) is 4.75. The molecule has 0 saturated heterocycles. The van der Waals surface area contributed by atoms with Crippen molar-refractivity contribution in [2.45, 2.75) is 20.3 Å². The van der Waals surface area contributed by atoms with Crippen molar-refractivity contribution in [1.82, 2.24) is 0 Å². The number of hydrogen-bond acceptors (Lipinski definition) is 4. The first-order chi connectivity index (χ1) is 5.22. The third-order valence-electron chi connectivity index (χ3n) is 1.43. The SMILES string of the molecule is CCC(C)C(=O)OCCOO. The molecule has 0 aliphatic carbocycles. The fraction of sp³-hybridized carbons (Fsp3) is 0.857. The lowest BCUT2D eigenvalue weighted by molar-refractivity contribution is -0.248. The monoisotopic (exact) mass is 162 g/mol. The van der Waals surface area contributed by atoms with Crippen LogP contribution in [0, 0.1) is 5.92 Å². The molecule has 0 heterocycles. The molecule has 0 rings (SSSR count). The van der Waals surface area contributed by atoms with E-state index in [4.69, 9.17) is 9.99 Å². The first-order valence-electron chi connectivity index (χ1n) is 3.65. The predicted octanol–water partition coefficient (Wildman–Crippen LogP) is 1.07. The lowest BCUT2D eigenvalue weighted by Crippen LogP contribution is -2.16. The van der Waals surface area contributed by atoms with Crippen molar-refractivity contribution >= 4 is 5.97 Å². The Morgan fingerprint density at radius 1 is 1.55 bits per heavy atom. The van der Waals surface area contributed by atoms with Gasteiger partial charge >= 0.3 is 5.97 Å². The Hall–Kier alpha value is -0.610. The molecule has 4 nitrogen and oxygen atoms in total. The zero-order valence-corrected chi connectivity index (χ0v) is 6.87. The van der Waals surface area contributed by atoms with Crippen LogP contribution >= 0.6 is 0 Å². The molecule has 0 saturated carbocycles. The summed E-state index contributed by atoms with van der Waals surface area (Å²) >= 11 is 0. The topological polar surface area (TPSA) is 55.8 Å². The number of rotatable bonds is 5. The van der Waals surface area contributed by atoms with Crippen molar-refractivity contribution in [3.8, 4) is 0 Å². The second kappa shape index (κ2) is 6.12. The fourth-order valence-electron chi connectivity index (χ4n) is 0.488. The number of esters is 1. The van der Waals surface area contributed by atoms with Gasteiger partial charge in [-0.2, -0.15) is 0 Å². The van der Waals surface area contributed by atoms with E-state index in [-0.39, 0.29) is 25.1 Å². The van der Waals surface area contributed by atoms with Crippen LogP contribution < -0.4 is 0 Å². The highest BCUT2D eigenvalue weighted by molar-refractivity contribution is 5.71. The standard InChI is InChI=1S/C7H14O4/c1-3-6(2)7(8)10-4-5-11-9/h6,9H,3-5H2,1-2H3. The van der Waals surface area contributed by atoms with E-state index in [2.05, 4.69) is 4.89 Å². The fourth-order valence-corrected chi connectivity index (χ4v) is 0.488. The van der Waals surface area contributed by atoms with Gasteiger partial charge in [-0.1, -0.05) is 13.8 Å². The minimum atomic E-state index is -0.246. The van der Waals surface area contributed by atoms with Gasteiger partial charge in [0.15, 0.2) is 0 Å². The van der Waals surface area contributed by atoms with E-state index in [9.17, 15) is 4.79 Å². The molecule has 1 unspecified atom stereocenters. The minimum absolute atomic E-state index is 0.0299. The zero-order valence-electron chi connectivity index (χ0n) is 6.87. The number of carbonyl (C=O) groups excluding carboxylic acids is 1. The number of ether oxygens (including phenoxy) is 1. The van der Waals surface area contributed by atoms with Crippen molar-refractivity contribution in [3.63, 3.8) is 0 Å². The van der Waals surface area contributed by atoms with E-state index in [0.717, 1.165) is 6.42 Å². The highest BCUT2D eigenvalue weighted by atomic mass is 17.1. The normalized spacial score (nSPS) is 12.6. The average molecular weight is 162 g/mol. The Balaban J connectivity index is 3.36. The van der Waals surface area contributed by atoms with Gasteiger partial charge in [-0.3, -0.25) is 10.1 Å². The number of carbonyl (C=O) groups is 1. The molecular weight excluding hydrogens is 148 g/mol. The molecule has 0 aromatic heterocycles. The van der Waals surface area contributed by atoms with Crippen molar-refractivity contribution in [2.24, 2.45) is 5.92 Å². The molecule has 11 heavy (non-hydrogen) atoms. The molecule has 0 spiro atoms. The summed E-state index contributed by atoms with van der Waals surface area (Å²) in [7, 11) is 0.